The summed E-state index contributed by atoms with van der Waals surface area (Å²) in [7, 11) is 0. The van der Waals surface area contributed by atoms with Crippen molar-refractivity contribution in [2.24, 2.45) is 0 Å². The molecule has 0 spiro atoms. The minimum Gasteiger partial charge on any atom is -0.462 e. The number of aromatic nitrogens is 2. The Morgan fingerprint density at radius 2 is 2.12 bits per heavy atom. The van der Waals surface area contributed by atoms with Gasteiger partial charge < -0.3 is 9.15 Å². The Hall–Kier alpha value is -2.89. The van der Waals surface area contributed by atoms with Gasteiger partial charge >= 0.3 is 12.0 Å². The largest absolute Gasteiger partial charge is 0.462 e. The molecule has 6 nitrogen and oxygen atoms in total. The van der Waals surface area contributed by atoms with Crippen molar-refractivity contribution in [2.45, 2.75) is 26.7 Å². The summed E-state index contributed by atoms with van der Waals surface area (Å²) in [5, 5.41) is 2.98. The maximum Gasteiger partial charge on any atom is 0.338 e. The molecule has 0 saturated heterocycles. The predicted octanol–water partition coefficient (Wildman–Crippen LogP) is 4.27. The highest BCUT2D eigenvalue weighted by Gasteiger charge is 2.11. The van der Waals surface area contributed by atoms with Gasteiger partial charge in [-0.1, -0.05) is 19.9 Å². The zero-order chi connectivity index (χ0) is 17.1. The summed E-state index contributed by atoms with van der Waals surface area (Å²) < 4.78 is 10.7. The molecule has 1 aromatic carbocycles. The van der Waals surface area contributed by atoms with E-state index in [-0.39, 0.29) is 5.97 Å². The first-order chi connectivity index (χ1) is 11.6. The molecule has 0 radical (unpaired) electrons. The Bertz CT molecular complexity index is 871. The zero-order valence-electron chi connectivity index (χ0n) is 13.9. The van der Waals surface area contributed by atoms with Crippen LogP contribution in [0.2, 0.25) is 0 Å². The van der Waals surface area contributed by atoms with Gasteiger partial charge in [0, 0.05) is 6.20 Å². The van der Waals surface area contributed by atoms with Gasteiger partial charge in [-0.2, -0.15) is 4.98 Å². The highest BCUT2D eigenvalue weighted by atomic mass is 16.5. The van der Waals surface area contributed by atoms with E-state index in [4.69, 9.17) is 9.15 Å². The Balaban J connectivity index is 1.84. The van der Waals surface area contributed by atoms with E-state index in [0.717, 1.165) is 5.52 Å². The maximum atomic E-state index is 11.8. The van der Waals surface area contributed by atoms with Gasteiger partial charge in [-0.25, -0.2) is 9.78 Å². The second-order valence-electron chi connectivity index (χ2n) is 5.68. The van der Waals surface area contributed by atoms with E-state index in [1.807, 2.05) is 18.2 Å². The van der Waals surface area contributed by atoms with E-state index in [1.54, 1.807) is 19.1 Å². The molecule has 124 valence electrons. The third-order valence-corrected chi connectivity index (χ3v) is 3.58. The number of nitrogens with zero attached hydrogens (tertiary/aromatic N) is 2. The summed E-state index contributed by atoms with van der Waals surface area (Å²) in [4.78, 5) is 20.4. The van der Waals surface area contributed by atoms with Gasteiger partial charge in [-0.15, -0.1) is 0 Å². The summed E-state index contributed by atoms with van der Waals surface area (Å²) in [6.45, 7) is 6.35. The molecule has 3 aromatic rings. The first-order valence-electron chi connectivity index (χ1n) is 7.87. The van der Waals surface area contributed by atoms with E-state index < -0.39 is 0 Å². The zero-order valence-corrected chi connectivity index (χ0v) is 13.9. The average Bonchev–Trinajstić information content (AvgIpc) is 2.96. The lowest BCUT2D eigenvalue weighted by Gasteiger charge is -2.04. The van der Waals surface area contributed by atoms with Crippen molar-refractivity contribution in [3.63, 3.8) is 0 Å². The van der Waals surface area contributed by atoms with Crippen LogP contribution >= 0.6 is 0 Å². The number of pyridine rings is 1. The molecular weight excluding hydrogens is 306 g/mol. The first-order valence-corrected chi connectivity index (χ1v) is 7.87. The second-order valence-corrected chi connectivity index (χ2v) is 5.68. The number of benzene rings is 1. The number of ether oxygens (including phenoxy) is 1. The number of oxazole rings is 1. The Morgan fingerprint density at radius 3 is 2.88 bits per heavy atom. The molecule has 0 fully saturated rings. The second kappa shape index (κ2) is 6.70. The van der Waals surface area contributed by atoms with Gasteiger partial charge in [0.2, 0.25) is 0 Å². The van der Waals surface area contributed by atoms with Crippen molar-refractivity contribution in [2.75, 3.05) is 11.9 Å². The Morgan fingerprint density at radius 1 is 1.29 bits per heavy atom. The minimum atomic E-state index is -0.387. The van der Waals surface area contributed by atoms with Gasteiger partial charge in [0.1, 0.15) is 11.3 Å². The molecule has 0 saturated carbocycles. The fourth-order valence-electron chi connectivity index (χ4n) is 2.31. The molecule has 0 aliphatic rings. The van der Waals surface area contributed by atoms with Gasteiger partial charge in [-0.3, -0.25) is 5.32 Å². The number of esters is 1. The summed E-state index contributed by atoms with van der Waals surface area (Å²) in [5.74, 6) is 0.503. The molecule has 24 heavy (non-hydrogen) atoms. The van der Waals surface area contributed by atoms with Gasteiger partial charge in [0.05, 0.1) is 12.2 Å². The number of fused-ring (bicyclic) bond motifs is 1. The molecule has 1 N–H and O–H groups in total. The van der Waals surface area contributed by atoms with Crippen LogP contribution in [0.4, 0.5) is 11.8 Å². The molecule has 0 unspecified atom stereocenters. The molecule has 2 aromatic heterocycles. The molecule has 6 heteroatoms. The van der Waals surface area contributed by atoms with Gasteiger partial charge in [0.25, 0.3) is 0 Å². The van der Waals surface area contributed by atoms with Gasteiger partial charge in [-0.05, 0) is 42.7 Å². The molecule has 0 bridgehead atoms. The van der Waals surface area contributed by atoms with Crippen LogP contribution in [-0.4, -0.2) is 22.5 Å². The predicted molar refractivity (Wildman–Crippen MR) is 91.6 cm³/mol. The molecule has 0 atom stereocenters. The normalized spacial score (nSPS) is 11.0. The van der Waals surface area contributed by atoms with Crippen LogP contribution in [-0.2, 0) is 4.74 Å². The smallest absolute Gasteiger partial charge is 0.338 e. The standard InChI is InChI=1S/C18H19N3O3/c1-4-23-17(22)13-7-8-19-16(10-13)21-18-20-14-9-12(11(2)3)5-6-15(14)24-18/h5-11H,4H2,1-3H3,(H,19,20,21). The first kappa shape index (κ1) is 16.0. The van der Waals surface area contributed by atoms with Crippen LogP contribution < -0.4 is 5.32 Å². The minimum absolute atomic E-state index is 0.327. The van der Waals surface area contributed by atoms with E-state index in [0.29, 0.717) is 35.5 Å². The maximum absolute atomic E-state index is 11.8. The van der Waals surface area contributed by atoms with Gasteiger partial charge in [0.15, 0.2) is 5.58 Å². The van der Waals surface area contributed by atoms with Crippen LogP contribution in [0.5, 0.6) is 0 Å². The van der Waals surface area contributed by atoms with Crippen LogP contribution in [0.15, 0.2) is 40.9 Å². The van der Waals surface area contributed by atoms with E-state index in [9.17, 15) is 4.79 Å². The SMILES string of the molecule is CCOC(=O)c1ccnc(Nc2nc3cc(C(C)C)ccc3o2)c1. The summed E-state index contributed by atoms with van der Waals surface area (Å²) in [6, 6.07) is 9.49. The van der Waals surface area contributed by atoms with Crippen molar-refractivity contribution in [3.8, 4) is 0 Å². The van der Waals surface area contributed by atoms with Crippen molar-refractivity contribution < 1.29 is 13.9 Å². The molecule has 2 heterocycles. The van der Waals surface area contributed by atoms with Crippen LogP contribution in [0.25, 0.3) is 11.1 Å². The molecule has 0 aliphatic heterocycles. The van der Waals surface area contributed by atoms with Crippen LogP contribution in [0.1, 0.15) is 42.6 Å². The summed E-state index contributed by atoms with van der Waals surface area (Å²) in [6.07, 6.45) is 1.54. The van der Waals surface area contributed by atoms with Crippen molar-refractivity contribution in [1.82, 2.24) is 9.97 Å². The van der Waals surface area contributed by atoms with E-state index in [1.165, 1.54) is 11.8 Å². The Labute approximate surface area is 139 Å². The summed E-state index contributed by atoms with van der Waals surface area (Å²) in [5.41, 5.74) is 3.10. The number of rotatable bonds is 5. The van der Waals surface area contributed by atoms with Crippen molar-refractivity contribution in [3.05, 3.63) is 47.7 Å². The van der Waals surface area contributed by atoms with Crippen molar-refractivity contribution >= 4 is 28.9 Å². The molecule has 3 rings (SSSR count). The number of carbonyl (C=O) groups is 1. The summed E-state index contributed by atoms with van der Waals surface area (Å²) >= 11 is 0. The highest BCUT2D eigenvalue weighted by molar-refractivity contribution is 5.90. The molecule has 0 amide bonds. The number of hydrogen-bond donors (Lipinski definition) is 1. The lowest BCUT2D eigenvalue weighted by molar-refractivity contribution is 0.0526. The fourth-order valence-corrected chi connectivity index (χ4v) is 2.31. The van der Waals surface area contributed by atoms with E-state index in [2.05, 4.69) is 29.1 Å². The number of hydrogen-bond acceptors (Lipinski definition) is 6. The number of nitrogens with one attached hydrogen (secondary N) is 1. The third kappa shape index (κ3) is 3.37. The highest BCUT2D eigenvalue weighted by Crippen LogP contribution is 2.25. The van der Waals surface area contributed by atoms with Crippen LogP contribution in [0, 0.1) is 0 Å². The topological polar surface area (TPSA) is 77.2 Å². The lowest BCUT2D eigenvalue weighted by atomic mass is 10.0. The quantitative estimate of drug-likeness (QED) is 0.706. The molecular formula is C18H19N3O3. The number of anilines is 2. The average molecular weight is 325 g/mol. The van der Waals surface area contributed by atoms with Crippen LogP contribution in [0.3, 0.4) is 0 Å². The fraction of sp³-hybridized carbons (Fsp3) is 0.278. The molecule has 0 aliphatic carbocycles. The third-order valence-electron chi connectivity index (χ3n) is 3.58. The van der Waals surface area contributed by atoms with Crippen molar-refractivity contribution in [1.29, 1.82) is 0 Å². The lowest BCUT2D eigenvalue weighted by Crippen LogP contribution is -2.05. The Kier molecular flexibility index (Phi) is 4.46. The van der Waals surface area contributed by atoms with E-state index >= 15 is 0 Å². The monoisotopic (exact) mass is 325 g/mol. The number of carbonyl (C=O) groups excluding carboxylic acids is 1.